The Morgan fingerprint density at radius 1 is 1.15 bits per heavy atom. The van der Waals surface area contributed by atoms with Gasteiger partial charge in [0.2, 0.25) is 5.91 Å². The van der Waals surface area contributed by atoms with Gasteiger partial charge in [0.1, 0.15) is 12.6 Å². The molecule has 1 saturated carbocycles. The maximum atomic E-state index is 12.9. The van der Waals surface area contributed by atoms with Crippen LogP contribution in [0.15, 0.2) is 59.6 Å². The summed E-state index contributed by atoms with van der Waals surface area (Å²) in [6, 6.07) is 19.3. The summed E-state index contributed by atoms with van der Waals surface area (Å²) in [5.74, 6) is 2.03. The average molecular weight is 563 g/mol. The molecule has 1 aliphatic heterocycles. The van der Waals surface area contributed by atoms with Crippen molar-refractivity contribution in [1.29, 1.82) is 0 Å². The van der Waals surface area contributed by atoms with E-state index in [1.807, 2.05) is 31.7 Å². The lowest BCUT2D eigenvalue weighted by Gasteiger charge is -2.43. The average Bonchev–Trinajstić information content (AvgIpc) is 3.24. The van der Waals surface area contributed by atoms with Gasteiger partial charge in [-0.2, -0.15) is 13.5 Å². The van der Waals surface area contributed by atoms with Crippen LogP contribution in [0.4, 0.5) is 0 Å². The number of para-hydroxylation sites is 2. The van der Waals surface area contributed by atoms with E-state index >= 15 is 0 Å². The van der Waals surface area contributed by atoms with E-state index in [1.165, 1.54) is 36.8 Å². The van der Waals surface area contributed by atoms with Gasteiger partial charge in [0.15, 0.2) is 0 Å². The maximum Gasteiger partial charge on any atom is 0.229 e. The SMILES string of the molecule is Cc1nc2ccccc2n1C(CC=NCCC1(c2ccccc2)CCN(C(=O)C(C)(C)C)CO1)CC1CCC1.S. The molecule has 1 amide bonds. The summed E-state index contributed by atoms with van der Waals surface area (Å²) in [5.41, 5.74) is 2.64. The molecule has 0 spiro atoms. The molecule has 5 rings (SSSR count). The zero-order valence-corrected chi connectivity index (χ0v) is 25.6. The van der Waals surface area contributed by atoms with Gasteiger partial charge in [0.05, 0.1) is 16.6 Å². The number of amides is 1. The van der Waals surface area contributed by atoms with Gasteiger partial charge in [-0.25, -0.2) is 4.98 Å². The Hall–Kier alpha value is -2.64. The summed E-state index contributed by atoms with van der Waals surface area (Å²) in [6.07, 6.45) is 9.83. The molecular weight excluding hydrogens is 516 g/mol. The number of carbonyl (C=O) groups is 1. The lowest BCUT2D eigenvalue weighted by Crippen LogP contribution is -2.50. The molecule has 2 fully saturated rings. The molecule has 7 heteroatoms. The third-order valence-electron chi connectivity index (χ3n) is 8.63. The van der Waals surface area contributed by atoms with Crippen molar-refractivity contribution in [1.82, 2.24) is 14.5 Å². The Morgan fingerprint density at radius 3 is 2.52 bits per heavy atom. The van der Waals surface area contributed by atoms with Crippen molar-refractivity contribution < 1.29 is 9.53 Å². The molecule has 2 aliphatic rings. The molecule has 2 unspecified atom stereocenters. The topological polar surface area (TPSA) is 59.7 Å². The van der Waals surface area contributed by atoms with Crippen molar-refractivity contribution >= 4 is 36.7 Å². The molecule has 0 N–H and O–H groups in total. The first-order valence-corrected chi connectivity index (χ1v) is 14.7. The molecule has 1 saturated heterocycles. The Balaban J connectivity index is 0.00000370. The fraction of sp³-hybridized carbons (Fsp3) is 0.545. The van der Waals surface area contributed by atoms with Gasteiger partial charge in [0, 0.05) is 43.6 Å². The largest absolute Gasteiger partial charge is 0.350 e. The second-order valence-electron chi connectivity index (χ2n) is 12.5. The minimum absolute atomic E-state index is 0. The van der Waals surface area contributed by atoms with E-state index in [4.69, 9.17) is 14.7 Å². The van der Waals surface area contributed by atoms with Crippen LogP contribution >= 0.6 is 13.5 Å². The fourth-order valence-electron chi connectivity index (χ4n) is 6.18. The summed E-state index contributed by atoms with van der Waals surface area (Å²) in [5, 5.41) is 0. The third-order valence-corrected chi connectivity index (χ3v) is 8.63. The highest BCUT2D eigenvalue weighted by Crippen LogP contribution is 2.38. The Kier molecular flexibility index (Phi) is 9.78. The van der Waals surface area contributed by atoms with E-state index in [0.717, 1.165) is 36.5 Å². The summed E-state index contributed by atoms with van der Waals surface area (Å²) in [7, 11) is 0. The molecule has 6 nitrogen and oxygen atoms in total. The van der Waals surface area contributed by atoms with Crippen LogP contribution in [0.25, 0.3) is 11.0 Å². The highest BCUT2D eigenvalue weighted by atomic mass is 32.1. The van der Waals surface area contributed by atoms with Crippen LogP contribution in [0.5, 0.6) is 0 Å². The standard InChI is InChI=1S/C33H44N4O2.H2S/c1-25-35-29-15-8-9-16-30(29)37(25)28(23-26-11-10-12-26)17-20-34-21-18-33(27-13-6-5-7-14-27)19-22-36(24-39-33)31(38)32(2,3)4;/h5-9,13-16,20,26,28H,10-12,17-19,21-24H2,1-4H3;1H2. The summed E-state index contributed by atoms with van der Waals surface area (Å²) >= 11 is 0. The molecule has 216 valence electrons. The van der Waals surface area contributed by atoms with Gasteiger partial charge in [-0.3, -0.25) is 9.79 Å². The first-order chi connectivity index (χ1) is 18.8. The molecular formula is C33H46N4O2S. The zero-order valence-electron chi connectivity index (χ0n) is 24.6. The number of aryl methyl sites for hydroxylation is 1. The highest BCUT2D eigenvalue weighted by Gasteiger charge is 2.40. The first kappa shape index (κ1) is 30.3. The van der Waals surface area contributed by atoms with Crippen molar-refractivity contribution in [2.24, 2.45) is 16.3 Å². The van der Waals surface area contributed by atoms with Crippen LogP contribution in [-0.2, 0) is 15.1 Å². The molecule has 2 heterocycles. The highest BCUT2D eigenvalue weighted by molar-refractivity contribution is 7.59. The van der Waals surface area contributed by atoms with E-state index < -0.39 is 11.0 Å². The zero-order chi connectivity index (χ0) is 27.5. The lowest BCUT2D eigenvalue weighted by atomic mass is 9.80. The number of hydrogen-bond acceptors (Lipinski definition) is 4. The Bertz CT molecular complexity index is 1280. The molecule has 2 aromatic carbocycles. The van der Waals surface area contributed by atoms with Crippen LogP contribution in [0, 0.1) is 18.3 Å². The molecule has 2 atom stereocenters. The monoisotopic (exact) mass is 562 g/mol. The van der Waals surface area contributed by atoms with Crippen molar-refractivity contribution in [3.05, 3.63) is 66.0 Å². The van der Waals surface area contributed by atoms with Gasteiger partial charge >= 0.3 is 0 Å². The van der Waals surface area contributed by atoms with Crippen molar-refractivity contribution in [3.63, 3.8) is 0 Å². The van der Waals surface area contributed by atoms with Crippen LogP contribution < -0.4 is 0 Å². The number of aromatic nitrogens is 2. The molecule has 3 aromatic rings. The minimum atomic E-state index is -0.421. The number of ether oxygens (including phenoxy) is 1. The third kappa shape index (κ3) is 6.63. The maximum absolute atomic E-state index is 12.9. The number of nitrogens with zero attached hydrogens (tertiary/aromatic N) is 4. The van der Waals surface area contributed by atoms with E-state index in [-0.39, 0.29) is 19.4 Å². The smallest absolute Gasteiger partial charge is 0.229 e. The number of imidazole rings is 1. The molecule has 1 aliphatic carbocycles. The first-order valence-electron chi connectivity index (χ1n) is 14.7. The van der Waals surface area contributed by atoms with Crippen LogP contribution in [0.3, 0.4) is 0 Å². The van der Waals surface area contributed by atoms with Gasteiger partial charge < -0.3 is 14.2 Å². The molecule has 0 bridgehead atoms. The Labute approximate surface area is 246 Å². The van der Waals surface area contributed by atoms with Crippen LogP contribution in [0.2, 0.25) is 0 Å². The quantitative estimate of drug-likeness (QED) is 0.259. The van der Waals surface area contributed by atoms with E-state index in [9.17, 15) is 4.79 Å². The predicted molar refractivity (Wildman–Crippen MR) is 168 cm³/mol. The molecule has 0 radical (unpaired) electrons. The number of carbonyl (C=O) groups excluding carboxylic acids is 1. The van der Waals surface area contributed by atoms with Crippen LogP contribution in [-0.4, -0.2) is 46.4 Å². The number of fused-ring (bicyclic) bond motifs is 1. The predicted octanol–water partition coefficient (Wildman–Crippen LogP) is 7.19. The normalized spacial score (nSPS) is 20.9. The summed E-state index contributed by atoms with van der Waals surface area (Å²) < 4.78 is 8.97. The van der Waals surface area contributed by atoms with Crippen molar-refractivity contribution in [2.75, 3.05) is 19.8 Å². The molecule has 40 heavy (non-hydrogen) atoms. The number of aliphatic imine (C=N–C) groups is 1. The number of hydrogen-bond donors (Lipinski definition) is 0. The van der Waals surface area contributed by atoms with E-state index in [0.29, 0.717) is 25.9 Å². The van der Waals surface area contributed by atoms with Gasteiger partial charge in [-0.05, 0) is 43.4 Å². The second-order valence-corrected chi connectivity index (χ2v) is 12.5. The van der Waals surface area contributed by atoms with Gasteiger partial charge in [-0.1, -0.05) is 82.5 Å². The Morgan fingerprint density at radius 2 is 1.88 bits per heavy atom. The van der Waals surface area contributed by atoms with Gasteiger partial charge in [-0.15, -0.1) is 0 Å². The molecule has 1 aromatic heterocycles. The minimum Gasteiger partial charge on any atom is -0.350 e. The van der Waals surface area contributed by atoms with Crippen molar-refractivity contribution in [3.8, 4) is 0 Å². The summed E-state index contributed by atoms with van der Waals surface area (Å²) in [6.45, 7) is 9.75. The lowest BCUT2D eigenvalue weighted by molar-refractivity contribution is -0.174. The van der Waals surface area contributed by atoms with Gasteiger partial charge in [0.25, 0.3) is 0 Å². The van der Waals surface area contributed by atoms with Crippen molar-refractivity contribution in [2.45, 2.75) is 84.3 Å². The van der Waals surface area contributed by atoms with E-state index in [1.54, 1.807) is 0 Å². The van der Waals surface area contributed by atoms with Crippen LogP contribution in [0.1, 0.15) is 83.1 Å². The van der Waals surface area contributed by atoms with E-state index in [2.05, 4.69) is 66.2 Å². The second kappa shape index (κ2) is 12.9. The summed E-state index contributed by atoms with van der Waals surface area (Å²) in [4.78, 5) is 24.5. The number of rotatable bonds is 9. The number of benzene rings is 2. The fourth-order valence-corrected chi connectivity index (χ4v) is 6.18.